The van der Waals surface area contributed by atoms with Gasteiger partial charge in [0.05, 0.1) is 49.8 Å². The van der Waals surface area contributed by atoms with Crippen molar-refractivity contribution in [1.82, 2.24) is 0 Å². The van der Waals surface area contributed by atoms with Crippen LogP contribution in [0.5, 0.6) is 0 Å². The molecule has 0 amide bonds. The molecule has 2 N–H and O–H groups in total. The van der Waals surface area contributed by atoms with Gasteiger partial charge in [-0.1, -0.05) is 32.8 Å². The predicted molar refractivity (Wildman–Crippen MR) is 121 cm³/mol. The Hall–Kier alpha value is -2.00. The number of benzene rings is 1. The van der Waals surface area contributed by atoms with Gasteiger partial charge in [0.2, 0.25) is 0 Å². The molecule has 32 heavy (non-hydrogen) atoms. The summed E-state index contributed by atoms with van der Waals surface area (Å²) >= 11 is 0. The lowest BCUT2D eigenvalue weighted by Crippen LogP contribution is -2.20. The third-order valence-electron chi connectivity index (χ3n) is 5.04. The van der Waals surface area contributed by atoms with Gasteiger partial charge in [0.1, 0.15) is 0 Å². The molecule has 2 unspecified atom stereocenters. The van der Waals surface area contributed by atoms with Crippen molar-refractivity contribution >= 4 is 11.9 Å². The molecule has 1 aromatic rings. The van der Waals surface area contributed by atoms with Crippen LogP contribution in [-0.4, -0.2) is 61.8 Å². The monoisotopic (exact) mass is 454 g/mol. The summed E-state index contributed by atoms with van der Waals surface area (Å²) in [4.78, 5) is 23.7. The summed E-state index contributed by atoms with van der Waals surface area (Å²) in [6, 6.07) is 2.91. The van der Waals surface area contributed by atoms with Crippen molar-refractivity contribution in [2.75, 3.05) is 39.6 Å². The molecular formula is C24H38O8. The zero-order valence-electron chi connectivity index (χ0n) is 19.7. The number of rotatable bonds is 18. The highest BCUT2D eigenvalue weighted by atomic mass is 16.5. The summed E-state index contributed by atoms with van der Waals surface area (Å²) in [6.45, 7) is 10.4. The van der Waals surface area contributed by atoms with Crippen LogP contribution in [0.3, 0.4) is 0 Å². The van der Waals surface area contributed by atoms with E-state index in [4.69, 9.17) is 18.9 Å². The third kappa shape index (κ3) is 9.24. The first kappa shape index (κ1) is 28.0. The van der Waals surface area contributed by atoms with Gasteiger partial charge < -0.3 is 29.2 Å². The van der Waals surface area contributed by atoms with Gasteiger partial charge in [-0.2, -0.15) is 0 Å². The predicted octanol–water partition coefficient (Wildman–Crippen LogP) is 4.87. The summed E-state index contributed by atoms with van der Waals surface area (Å²) in [6.07, 6.45) is 2.91. The lowest BCUT2D eigenvalue weighted by Gasteiger charge is -2.24. The molecule has 8 heteroatoms. The Bertz CT molecular complexity index is 703. The molecule has 0 saturated heterocycles. The Morgan fingerprint density at radius 3 is 1.78 bits per heavy atom. The van der Waals surface area contributed by atoms with Crippen molar-refractivity contribution in [2.45, 2.75) is 65.6 Å². The average Bonchev–Trinajstić information content (AvgIpc) is 2.76. The summed E-state index contributed by atoms with van der Waals surface area (Å²) in [5, 5.41) is 19.3. The Kier molecular flexibility index (Phi) is 13.8. The number of carboxylic acids is 2. The maximum Gasteiger partial charge on any atom is 0.336 e. The van der Waals surface area contributed by atoms with E-state index in [1.807, 2.05) is 0 Å². The van der Waals surface area contributed by atoms with Crippen LogP contribution in [-0.2, 0) is 18.9 Å². The molecule has 2 atom stereocenters. The second-order valence-corrected chi connectivity index (χ2v) is 7.56. The lowest BCUT2D eigenvalue weighted by molar-refractivity contribution is 0.000748. The minimum Gasteiger partial charge on any atom is -0.478 e. The van der Waals surface area contributed by atoms with Crippen LogP contribution < -0.4 is 0 Å². The Balaban J connectivity index is 3.01. The Morgan fingerprint density at radius 2 is 1.31 bits per heavy atom. The molecule has 1 aromatic carbocycles. The molecule has 1 rings (SSSR count). The maximum atomic E-state index is 12.0. The minimum absolute atomic E-state index is 0.265. The zero-order chi connectivity index (χ0) is 23.9. The number of aromatic carboxylic acids is 2. The van der Waals surface area contributed by atoms with Gasteiger partial charge in [0.25, 0.3) is 0 Å². The highest BCUT2D eigenvalue weighted by molar-refractivity contribution is 6.03. The molecule has 8 nitrogen and oxygen atoms in total. The molecule has 0 fully saturated rings. The van der Waals surface area contributed by atoms with E-state index in [9.17, 15) is 19.8 Å². The van der Waals surface area contributed by atoms with Crippen molar-refractivity contribution in [1.29, 1.82) is 0 Å². The SMILES string of the molecule is CCCCOCCOC(C)c1ccc(C(=O)O)c(C(=O)O)c1C(C)OCCOCCCC. The van der Waals surface area contributed by atoms with E-state index in [-0.39, 0.29) is 17.7 Å². The molecule has 0 bridgehead atoms. The van der Waals surface area contributed by atoms with Gasteiger partial charge >= 0.3 is 11.9 Å². The van der Waals surface area contributed by atoms with Gasteiger partial charge in [-0.3, -0.25) is 0 Å². The first-order valence-electron chi connectivity index (χ1n) is 11.4. The average molecular weight is 455 g/mol. The molecule has 0 saturated carbocycles. The van der Waals surface area contributed by atoms with Crippen LogP contribution in [0.1, 0.15) is 97.4 Å². The van der Waals surface area contributed by atoms with E-state index in [2.05, 4.69) is 13.8 Å². The maximum absolute atomic E-state index is 12.0. The van der Waals surface area contributed by atoms with Crippen LogP contribution >= 0.6 is 0 Å². The van der Waals surface area contributed by atoms with E-state index >= 15 is 0 Å². The number of carboxylic acid groups (broad SMARTS) is 2. The molecule has 0 heterocycles. The highest BCUT2D eigenvalue weighted by Crippen LogP contribution is 2.33. The molecule has 0 aromatic heterocycles. The van der Waals surface area contributed by atoms with Gasteiger partial charge in [0, 0.05) is 18.8 Å². The van der Waals surface area contributed by atoms with Crippen molar-refractivity contribution in [3.05, 3.63) is 34.4 Å². The van der Waals surface area contributed by atoms with E-state index in [1.165, 1.54) is 6.07 Å². The van der Waals surface area contributed by atoms with E-state index in [0.717, 1.165) is 25.7 Å². The molecular weight excluding hydrogens is 416 g/mol. The van der Waals surface area contributed by atoms with Crippen LogP contribution in [0.25, 0.3) is 0 Å². The number of hydrogen-bond donors (Lipinski definition) is 2. The zero-order valence-corrected chi connectivity index (χ0v) is 19.7. The molecule has 0 aliphatic rings. The van der Waals surface area contributed by atoms with Gasteiger partial charge in [-0.05, 0) is 38.3 Å². The topological polar surface area (TPSA) is 112 Å². The summed E-state index contributed by atoms with van der Waals surface area (Å²) in [5.41, 5.74) is 0.343. The largest absolute Gasteiger partial charge is 0.478 e. The van der Waals surface area contributed by atoms with E-state index in [0.29, 0.717) is 44.2 Å². The number of ether oxygens (including phenoxy) is 4. The second kappa shape index (κ2) is 15.7. The minimum atomic E-state index is -1.32. The summed E-state index contributed by atoms with van der Waals surface area (Å²) in [5.74, 6) is -2.62. The molecule has 0 aliphatic carbocycles. The van der Waals surface area contributed by atoms with Crippen LogP contribution in [0.2, 0.25) is 0 Å². The van der Waals surface area contributed by atoms with E-state index < -0.39 is 24.1 Å². The first-order chi connectivity index (χ1) is 15.3. The summed E-state index contributed by atoms with van der Waals surface area (Å²) < 4.78 is 22.7. The van der Waals surface area contributed by atoms with Crippen molar-refractivity contribution in [3.63, 3.8) is 0 Å². The quantitative estimate of drug-likeness (QED) is 0.302. The Labute approximate surface area is 190 Å². The smallest absolute Gasteiger partial charge is 0.336 e. The van der Waals surface area contributed by atoms with Crippen molar-refractivity contribution in [2.24, 2.45) is 0 Å². The molecule has 0 radical (unpaired) electrons. The van der Waals surface area contributed by atoms with Crippen molar-refractivity contribution in [3.8, 4) is 0 Å². The standard InChI is InChI=1S/C24H38O8/c1-5-7-11-29-13-15-31-17(3)19-9-10-20(23(25)26)22(24(27)28)21(19)18(4)32-16-14-30-12-8-6-2/h9-10,17-18H,5-8,11-16H2,1-4H3,(H,25,26)(H,27,28). The van der Waals surface area contributed by atoms with Gasteiger partial charge in [-0.15, -0.1) is 0 Å². The number of hydrogen-bond acceptors (Lipinski definition) is 6. The van der Waals surface area contributed by atoms with Crippen molar-refractivity contribution < 1.29 is 38.7 Å². The van der Waals surface area contributed by atoms with Gasteiger partial charge in [0.15, 0.2) is 0 Å². The fourth-order valence-corrected chi connectivity index (χ4v) is 3.27. The first-order valence-corrected chi connectivity index (χ1v) is 11.4. The normalized spacial score (nSPS) is 13.1. The third-order valence-corrected chi connectivity index (χ3v) is 5.04. The fraction of sp³-hybridized carbons (Fsp3) is 0.667. The fourth-order valence-electron chi connectivity index (χ4n) is 3.27. The van der Waals surface area contributed by atoms with Crippen LogP contribution in [0.4, 0.5) is 0 Å². The van der Waals surface area contributed by atoms with Crippen LogP contribution in [0.15, 0.2) is 12.1 Å². The summed E-state index contributed by atoms with van der Waals surface area (Å²) in [7, 11) is 0. The second-order valence-electron chi connectivity index (χ2n) is 7.56. The molecule has 0 spiro atoms. The Morgan fingerprint density at radius 1 is 0.781 bits per heavy atom. The van der Waals surface area contributed by atoms with Crippen LogP contribution in [0, 0.1) is 0 Å². The lowest BCUT2D eigenvalue weighted by atomic mass is 9.90. The van der Waals surface area contributed by atoms with Gasteiger partial charge in [-0.25, -0.2) is 9.59 Å². The number of unbranched alkanes of at least 4 members (excludes halogenated alkanes) is 2. The van der Waals surface area contributed by atoms with E-state index in [1.54, 1.807) is 19.9 Å². The molecule has 182 valence electrons. The highest BCUT2D eigenvalue weighted by Gasteiger charge is 2.28. The number of carbonyl (C=O) groups is 2. The molecule has 0 aliphatic heterocycles.